The van der Waals surface area contributed by atoms with Crippen molar-refractivity contribution in [1.82, 2.24) is 15.0 Å². The number of aromatic nitrogens is 3. The Labute approximate surface area is 168 Å². The van der Waals surface area contributed by atoms with Gasteiger partial charge >= 0.3 is 5.97 Å². The molecular weight excluding hydrogens is 392 g/mol. The first-order valence-electron chi connectivity index (χ1n) is 8.75. The van der Waals surface area contributed by atoms with Crippen LogP contribution in [0.25, 0.3) is 21.1 Å². The zero-order chi connectivity index (χ0) is 20.5. The number of aromatic amines is 1. The molecule has 3 heterocycles. The molecule has 0 saturated heterocycles. The summed E-state index contributed by atoms with van der Waals surface area (Å²) in [5, 5.41) is 3.88. The van der Waals surface area contributed by atoms with Crippen LogP contribution in [0.5, 0.6) is 0 Å². The number of nitrogens with one attached hydrogen (secondary N) is 2. The van der Waals surface area contributed by atoms with Crippen molar-refractivity contribution < 1.29 is 14.3 Å². The summed E-state index contributed by atoms with van der Waals surface area (Å²) in [6, 6.07) is 8.99. The fourth-order valence-corrected chi connectivity index (χ4v) is 4.16. The van der Waals surface area contributed by atoms with Crippen LogP contribution in [0.1, 0.15) is 21.1 Å². The number of esters is 1. The summed E-state index contributed by atoms with van der Waals surface area (Å²) in [7, 11) is 0. The largest absolute Gasteiger partial charge is 0.451 e. The summed E-state index contributed by atoms with van der Waals surface area (Å²) < 4.78 is 5.16. The molecule has 0 aliphatic carbocycles. The van der Waals surface area contributed by atoms with Crippen LogP contribution in [-0.2, 0) is 9.53 Å². The van der Waals surface area contributed by atoms with Crippen LogP contribution in [0.15, 0.2) is 41.3 Å². The monoisotopic (exact) mass is 408 g/mol. The molecule has 4 rings (SSSR count). The molecule has 0 saturated carbocycles. The number of thiophene rings is 1. The van der Waals surface area contributed by atoms with Crippen molar-refractivity contribution in [2.24, 2.45) is 0 Å². The van der Waals surface area contributed by atoms with E-state index in [4.69, 9.17) is 4.74 Å². The number of fused-ring (bicyclic) bond motifs is 2. The van der Waals surface area contributed by atoms with Crippen LogP contribution in [-0.4, -0.2) is 33.4 Å². The number of nitrogens with zero attached hydrogens (tertiary/aromatic N) is 2. The highest BCUT2D eigenvalue weighted by atomic mass is 32.1. The van der Waals surface area contributed by atoms with Gasteiger partial charge in [0.2, 0.25) is 0 Å². The fraction of sp³-hybridized carbons (Fsp3) is 0.150. The molecule has 2 N–H and O–H groups in total. The van der Waals surface area contributed by atoms with Gasteiger partial charge in [0.1, 0.15) is 15.5 Å². The number of H-pyrrole nitrogens is 1. The predicted molar refractivity (Wildman–Crippen MR) is 110 cm³/mol. The molecule has 0 fully saturated rings. The van der Waals surface area contributed by atoms with E-state index < -0.39 is 18.5 Å². The van der Waals surface area contributed by atoms with Gasteiger partial charge in [0, 0.05) is 11.6 Å². The zero-order valence-electron chi connectivity index (χ0n) is 15.6. The smallest absolute Gasteiger partial charge is 0.349 e. The number of carbonyl (C=O) groups excluding carboxylic acids is 2. The van der Waals surface area contributed by atoms with Gasteiger partial charge in [-0.1, -0.05) is 6.07 Å². The van der Waals surface area contributed by atoms with E-state index in [9.17, 15) is 14.4 Å². The lowest BCUT2D eigenvalue weighted by molar-refractivity contribution is -0.119. The molecule has 0 radical (unpaired) electrons. The van der Waals surface area contributed by atoms with Crippen molar-refractivity contribution in [2.75, 3.05) is 11.9 Å². The highest BCUT2D eigenvalue weighted by Crippen LogP contribution is 2.27. The summed E-state index contributed by atoms with van der Waals surface area (Å²) in [5.41, 5.74) is 1.52. The normalized spacial score (nSPS) is 11.0. The Balaban J connectivity index is 1.49. The Hall–Kier alpha value is -3.59. The minimum atomic E-state index is -0.669. The number of anilines is 1. The number of carbonyl (C=O) groups is 2. The molecule has 0 unspecified atom stereocenters. The highest BCUT2D eigenvalue weighted by molar-refractivity contribution is 7.20. The van der Waals surface area contributed by atoms with Gasteiger partial charge in [0.05, 0.1) is 16.6 Å². The fourth-order valence-electron chi connectivity index (χ4n) is 3.04. The van der Waals surface area contributed by atoms with Crippen LogP contribution in [0.4, 0.5) is 5.69 Å². The molecular formula is C20H16N4O4S. The summed E-state index contributed by atoms with van der Waals surface area (Å²) in [4.78, 5) is 48.7. The molecule has 3 aromatic heterocycles. The van der Waals surface area contributed by atoms with Crippen molar-refractivity contribution in [3.8, 4) is 0 Å². The molecule has 1 amide bonds. The summed E-state index contributed by atoms with van der Waals surface area (Å²) in [6.07, 6.45) is 1.67. The Morgan fingerprint density at radius 3 is 2.86 bits per heavy atom. The van der Waals surface area contributed by atoms with Gasteiger partial charge in [0.25, 0.3) is 11.5 Å². The van der Waals surface area contributed by atoms with Crippen LogP contribution in [0.3, 0.4) is 0 Å². The SMILES string of the molecule is Cc1nc2sc(C(=O)OCC(=O)Nc3cccc4ncccc34)c(C)c2c(=O)[nH]1. The Morgan fingerprint density at radius 2 is 2.03 bits per heavy atom. The molecule has 9 heteroatoms. The summed E-state index contributed by atoms with van der Waals surface area (Å²) >= 11 is 1.07. The third-order valence-electron chi connectivity index (χ3n) is 4.36. The molecule has 0 atom stereocenters. The maximum absolute atomic E-state index is 12.5. The Kier molecular flexibility index (Phi) is 4.81. The quantitative estimate of drug-likeness (QED) is 0.502. The van der Waals surface area contributed by atoms with E-state index >= 15 is 0 Å². The second-order valence-electron chi connectivity index (χ2n) is 6.39. The van der Waals surface area contributed by atoms with Gasteiger partial charge in [-0.25, -0.2) is 9.78 Å². The molecule has 0 bridgehead atoms. The van der Waals surface area contributed by atoms with E-state index in [2.05, 4.69) is 20.3 Å². The van der Waals surface area contributed by atoms with Crippen molar-refractivity contribution in [3.63, 3.8) is 0 Å². The average molecular weight is 408 g/mol. The van der Waals surface area contributed by atoms with Gasteiger partial charge in [-0.15, -0.1) is 11.3 Å². The van der Waals surface area contributed by atoms with E-state index in [-0.39, 0.29) is 10.4 Å². The van der Waals surface area contributed by atoms with Gasteiger partial charge in [-0.3, -0.25) is 14.6 Å². The highest BCUT2D eigenvalue weighted by Gasteiger charge is 2.21. The van der Waals surface area contributed by atoms with Gasteiger partial charge in [0.15, 0.2) is 6.61 Å². The number of hydrogen-bond donors (Lipinski definition) is 2. The maximum atomic E-state index is 12.5. The summed E-state index contributed by atoms with van der Waals surface area (Å²) in [5.74, 6) is -0.676. The average Bonchev–Trinajstić information content (AvgIpc) is 3.03. The number of rotatable bonds is 4. The van der Waals surface area contributed by atoms with E-state index in [1.165, 1.54) is 0 Å². The summed E-state index contributed by atoms with van der Waals surface area (Å²) in [6.45, 7) is 2.87. The van der Waals surface area contributed by atoms with Crippen molar-refractivity contribution in [3.05, 3.63) is 63.1 Å². The van der Waals surface area contributed by atoms with E-state index in [1.54, 1.807) is 38.2 Å². The van der Waals surface area contributed by atoms with Crippen LogP contribution in [0.2, 0.25) is 0 Å². The first kappa shape index (κ1) is 18.8. The van der Waals surface area contributed by atoms with Gasteiger partial charge in [-0.05, 0) is 43.7 Å². The van der Waals surface area contributed by atoms with Crippen molar-refractivity contribution in [1.29, 1.82) is 0 Å². The number of amides is 1. The van der Waals surface area contributed by atoms with E-state index in [0.717, 1.165) is 22.2 Å². The molecule has 0 aliphatic heterocycles. The zero-order valence-corrected chi connectivity index (χ0v) is 16.4. The molecule has 4 aromatic rings. The van der Waals surface area contributed by atoms with Gasteiger partial charge in [-0.2, -0.15) is 0 Å². The number of benzene rings is 1. The first-order valence-corrected chi connectivity index (χ1v) is 9.56. The number of pyridine rings is 1. The molecule has 0 aliphatic rings. The molecule has 29 heavy (non-hydrogen) atoms. The predicted octanol–water partition coefficient (Wildman–Crippen LogP) is 2.95. The Morgan fingerprint density at radius 1 is 1.21 bits per heavy atom. The number of ether oxygens (including phenoxy) is 1. The van der Waals surface area contributed by atoms with Crippen LogP contribution < -0.4 is 10.9 Å². The Bertz CT molecular complexity index is 1320. The van der Waals surface area contributed by atoms with Crippen molar-refractivity contribution >= 4 is 50.0 Å². The van der Waals surface area contributed by atoms with Crippen LogP contribution in [0, 0.1) is 13.8 Å². The third-order valence-corrected chi connectivity index (χ3v) is 5.52. The molecule has 8 nitrogen and oxygen atoms in total. The third kappa shape index (κ3) is 3.59. The first-order chi connectivity index (χ1) is 13.9. The lowest BCUT2D eigenvalue weighted by Gasteiger charge is -2.08. The van der Waals surface area contributed by atoms with E-state index in [0.29, 0.717) is 27.3 Å². The van der Waals surface area contributed by atoms with Crippen molar-refractivity contribution in [2.45, 2.75) is 13.8 Å². The lowest BCUT2D eigenvalue weighted by Crippen LogP contribution is -2.21. The van der Waals surface area contributed by atoms with Crippen LogP contribution >= 0.6 is 11.3 Å². The lowest BCUT2D eigenvalue weighted by atomic mass is 10.2. The standard InChI is InChI=1S/C20H16N4O4S/c1-10-16-18(26)22-11(2)23-19(16)29-17(10)20(27)28-9-15(25)24-14-7-3-6-13-12(14)5-4-8-21-13/h3-8H,9H2,1-2H3,(H,24,25)(H,22,23,26). The number of hydrogen-bond acceptors (Lipinski definition) is 7. The minimum absolute atomic E-state index is 0.255. The minimum Gasteiger partial charge on any atom is -0.451 e. The molecule has 146 valence electrons. The maximum Gasteiger partial charge on any atom is 0.349 e. The second-order valence-corrected chi connectivity index (χ2v) is 7.39. The van der Waals surface area contributed by atoms with E-state index in [1.807, 2.05) is 12.1 Å². The van der Waals surface area contributed by atoms with Gasteiger partial charge < -0.3 is 15.0 Å². The number of aryl methyl sites for hydroxylation is 2. The molecule has 0 spiro atoms. The molecule has 1 aromatic carbocycles. The topological polar surface area (TPSA) is 114 Å². The second kappa shape index (κ2) is 7.44.